The monoisotopic (exact) mass is 1220 g/mol. The van der Waals surface area contributed by atoms with E-state index in [0.717, 1.165) is 18.9 Å². The molecule has 0 spiro atoms. The highest BCUT2D eigenvalue weighted by Crippen LogP contribution is 2.51. The molecule has 444 valence electrons. The Bertz CT molecular complexity index is 3440. The normalized spacial score (nSPS) is 20.2. The molecule has 1 unspecified atom stereocenters. The van der Waals surface area contributed by atoms with E-state index in [4.69, 9.17) is 21.6 Å². The van der Waals surface area contributed by atoms with Crippen molar-refractivity contribution in [1.82, 2.24) is 15.1 Å². The van der Waals surface area contributed by atoms with Crippen LogP contribution >= 0.6 is 0 Å². The largest absolute Gasteiger partial charge is 0.462 e. The molecule has 0 saturated carbocycles. The number of guanidine groups is 2. The van der Waals surface area contributed by atoms with Crippen LogP contribution in [-0.2, 0) is 66.2 Å². The summed E-state index contributed by atoms with van der Waals surface area (Å²) in [7, 11) is -22.8. The van der Waals surface area contributed by atoms with Gasteiger partial charge in [0, 0.05) is 85.7 Å². The van der Waals surface area contributed by atoms with Gasteiger partial charge in [0.2, 0.25) is 11.6 Å². The number of piperidine rings is 2. The number of hydrogen-bond acceptors (Lipinski definition) is 16. The average Bonchev–Trinajstić information content (AvgIpc) is 3.89. The minimum absolute atomic E-state index is 0.0421. The predicted molar refractivity (Wildman–Crippen MR) is 297 cm³/mol. The maximum atomic E-state index is 14.4. The van der Waals surface area contributed by atoms with Crippen LogP contribution in [0.5, 0.6) is 0 Å². The molecule has 2 saturated heterocycles. The molecule has 6 rings (SSSR count). The van der Waals surface area contributed by atoms with Crippen LogP contribution < -0.4 is 21.7 Å². The van der Waals surface area contributed by atoms with E-state index in [2.05, 4.69) is 10.3 Å². The summed E-state index contributed by atoms with van der Waals surface area (Å²) in [4.78, 5) is 37.7. The summed E-state index contributed by atoms with van der Waals surface area (Å²) in [6, 6.07) is 6.12. The molecule has 4 aliphatic rings. The fraction of sp³-hybridized carbons (Fsp3) is 0.562. The Balaban J connectivity index is 1.42. The molecule has 1 atom stereocenters. The molecule has 27 nitrogen and oxygen atoms in total. The van der Waals surface area contributed by atoms with Gasteiger partial charge < -0.3 is 36.2 Å². The number of carbonyl (C=O) groups excluding carboxylic acids is 2. The molecule has 4 aliphatic heterocycles. The van der Waals surface area contributed by atoms with Crippen LogP contribution in [0, 0.1) is 5.41 Å². The fourth-order valence-electron chi connectivity index (χ4n) is 10.6. The van der Waals surface area contributed by atoms with Gasteiger partial charge in [0.05, 0.1) is 51.1 Å². The van der Waals surface area contributed by atoms with Crippen molar-refractivity contribution in [2.24, 2.45) is 16.5 Å². The van der Waals surface area contributed by atoms with Crippen molar-refractivity contribution in [3.05, 3.63) is 76.5 Å². The first-order chi connectivity index (χ1) is 37.0. The third kappa shape index (κ3) is 16.6. The third-order valence-corrected chi connectivity index (χ3v) is 18.7. The number of rotatable bonds is 22. The van der Waals surface area contributed by atoms with Crippen LogP contribution in [0.1, 0.15) is 110 Å². The Kier molecular flexibility index (Phi) is 19.9. The SMILES string of the molecule is CC1(C)C(/C=C/C=C2/N(CCCS(=O)(=O)O)c3ccc(S(=O)(=O)O)cc3C2(C)CCCS(=O)(=O)O)=[N+](CCCS(=O)(=O)O)c2cc(C(=O)NC3CCN(C(=N)N=C(N)N4CCC(N)CC4)CC3)cc(C(=O)OCCCS(=O)(=O)O)c21. The quantitative estimate of drug-likeness (QED) is 0.0203. The summed E-state index contributed by atoms with van der Waals surface area (Å²) >= 11 is 0. The van der Waals surface area contributed by atoms with Gasteiger partial charge in [-0.25, -0.2) is 4.79 Å². The van der Waals surface area contributed by atoms with E-state index in [0.29, 0.717) is 56.1 Å². The number of aliphatic imine (C=N–C) groups is 1. The molecule has 32 heteroatoms. The lowest BCUT2D eigenvalue weighted by Crippen LogP contribution is -2.48. The summed E-state index contributed by atoms with van der Waals surface area (Å²) in [5.74, 6) is -4.30. The number of carbonyl (C=O) groups is 2. The van der Waals surface area contributed by atoms with Gasteiger partial charge in [0.1, 0.15) is 6.54 Å². The van der Waals surface area contributed by atoms with Gasteiger partial charge >= 0.3 is 5.97 Å². The summed E-state index contributed by atoms with van der Waals surface area (Å²) in [6.45, 7) is 6.22. The molecule has 1 amide bonds. The molecule has 0 radical (unpaired) electrons. The number of benzene rings is 2. The van der Waals surface area contributed by atoms with E-state index < -0.39 is 114 Å². The van der Waals surface area contributed by atoms with Crippen LogP contribution in [0.15, 0.2) is 64.1 Å². The molecule has 2 fully saturated rings. The zero-order chi connectivity index (χ0) is 59.4. The second-order valence-electron chi connectivity index (χ2n) is 20.9. The molecular weight excluding hydrogens is 1150 g/mol. The number of nitrogens with one attached hydrogen (secondary N) is 2. The number of nitrogens with two attached hydrogens (primary N) is 2. The van der Waals surface area contributed by atoms with Crippen molar-refractivity contribution in [3.8, 4) is 0 Å². The highest BCUT2D eigenvalue weighted by molar-refractivity contribution is 7.86. The number of ether oxygens (including phenoxy) is 1. The Labute approximate surface area is 466 Å². The second-order valence-corrected chi connectivity index (χ2v) is 28.6. The number of anilines is 1. The molecule has 2 aromatic rings. The summed E-state index contributed by atoms with van der Waals surface area (Å²) < 4.78 is 175. The highest BCUT2D eigenvalue weighted by Gasteiger charge is 2.49. The molecular formula is C48H70N9O18S5+. The molecule has 4 heterocycles. The van der Waals surface area contributed by atoms with E-state index in [-0.39, 0.29) is 91.1 Å². The van der Waals surface area contributed by atoms with Crippen LogP contribution in [0.2, 0.25) is 0 Å². The van der Waals surface area contributed by atoms with Gasteiger partial charge in [-0.05, 0) is 108 Å². The predicted octanol–water partition coefficient (Wildman–Crippen LogP) is 2.05. The van der Waals surface area contributed by atoms with Crippen molar-refractivity contribution in [3.63, 3.8) is 0 Å². The van der Waals surface area contributed by atoms with Crippen molar-refractivity contribution in [1.29, 1.82) is 5.41 Å². The number of fused-ring (bicyclic) bond motifs is 2. The number of nitrogens with zero attached hydrogens (tertiary/aromatic N) is 5. The van der Waals surface area contributed by atoms with Crippen molar-refractivity contribution in [2.75, 3.05) is 73.8 Å². The number of likely N-dealkylation sites (tertiary alicyclic amines) is 2. The lowest BCUT2D eigenvalue weighted by molar-refractivity contribution is -0.437. The molecule has 80 heavy (non-hydrogen) atoms. The topological polar surface area (TPSA) is 428 Å². The third-order valence-electron chi connectivity index (χ3n) is 14.6. The van der Waals surface area contributed by atoms with Gasteiger partial charge in [-0.2, -0.15) is 51.7 Å². The van der Waals surface area contributed by atoms with E-state index in [1.807, 2.05) is 4.90 Å². The lowest BCUT2D eigenvalue weighted by Gasteiger charge is -2.34. The molecule has 0 aromatic heterocycles. The van der Waals surface area contributed by atoms with E-state index >= 15 is 0 Å². The second kappa shape index (κ2) is 25.0. The smallest absolute Gasteiger partial charge is 0.338 e. The zero-order valence-corrected chi connectivity index (χ0v) is 48.5. The number of amides is 1. The highest BCUT2D eigenvalue weighted by atomic mass is 32.2. The Hall–Kier alpha value is -5.42. The van der Waals surface area contributed by atoms with Crippen LogP contribution in [0.25, 0.3) is 0 Å². The number of allylic oxidation sites excluding steroid dienone is 4. The first kappa shape index (κ1) is 63.8. The Morgan fingerprint density at radius 3 is 1.98 bits per heavy atom. The van der Waals surface area contributed by atoms with Crippen molar-refractivity contribution < 1.29 is 83.8 Å². The molecule has 11 N–H and O–H groups in total. The number of esters is 1. The zero-order valence-electron chi connectivity index (χ0n) is 44.4. The summed E-state index contributed by atoms with van der Waals surface area (Å²) in [5.41, 5.74) is 11.3. The lowest BCUT2D eigenvalue weighted by atomic mass is 9.77. The minimum Gasteiger partial charge on any atom is -0.462 e. The molecule has 2 aromatic carbocycles. The first-order valence-corrected chi connectivity index (χ1v) is 33.4. The standard InChI is InChI=1S/C48H69N9O18S5/c1-47(2)40(9-4-10-41-48(3,17-5-25-76(60,61)62)37-31-35(80(72,73)74)11-12-38(37)56(41)18-6-26-77(63,64)65)57(19-7-27-78(66,67)68)39-30-32(29-36(42(39)47)44(59)75-24-8-28-79(69,70)71)43(58)52-34-15-22-55(23-16-34)46(51)53-45(50)54-20-13-33(49)14-21-54/h4,9-12,29-31,33-34H,5-8,13-28,49H2,1-3H3,(H8-,50,51,52,53,58,60,61,62,63,64,65,66,67,68,69,70,71,72,73,74)/p+1. The van der Waals surface area contributed by atoms with Gasteiger partial charge in [-0.15, -0.1) is 0 Å². The van der Waals surface area contributed by atoms with Crippen molar-refractivity contribution >= 4 is 91.5 Å². The maximum Gasteiger partial charge on any atom is 0.338 e. The summed E-state index contributed by atoms with van der Waals surface area (Å²) in [6.07, 6.45) is 6.02. The molecule has 0 bridgehead atoms. The Morgan fingerprint density at radius 2 is 1.38 bits per heavy atom. The number of hydrogen-bond donors (Lipinski definition) is 9. The van der Waals surface area contributed by atoms with Crippen LogP contribution in [0.4, 0.5) is 11.4 Å². The van der Waals surface area contributed by atoms with Crippen LogP contribution in [0.3, 0.4) is 0 Å². The van der Waals surface area contributed by atoms with Crippen molar-refractivity contribution in [2.45, 2.75) is 106 Å². The van der Waals surface area contributed by atoms with E-state index in [1.54, 1.807) is 47.3 Å². The van der Waals surface area contributed by atoms with Crippen LogP contribution in [-0.4, -0.2) is 190 Å². The van der Waals surface area contributed by atoms with E-state index in [1.165, 1.54) is 30.3 Å². The van der Waals surface area contributed by atoms with Gasteiger partial charge in [0.25, 0.3) is 56.5 Å². The summed E-state index contributed by atoms with van der Waals surface area (Å²) in [5, 5.41) is 11.6. The Morgan fingerprint density at radius 1 is 0.800 bits per heavy atom. The maximum absolute atomic E-state index is 14.4. The first-order valence-electron chi connectivity index (χ1n) is 25.6. The van der Waals surface area contributed by atoms with Gasteiger partial charge in [0.15, 0.2) is 11.7 Å². The average molecular weight is 1220 g/mol. The molecule has 0 aliphatic carbocycles. The van der Waals surface area contributed by atoms with Gasteiger partial charge in [-0.1, -0.05) is 6.08 Å². The minimum atomic E-state index is -4.81. The van der Waals surface area contributed by atoms with E-state index in [9.17, 15) is 74.4 Å². The fourth-order valence-corrected chi connectivity index (χ4v) is 13.1. The van der Waals surface area contributed by atoms with Gasteiger partial charge in [-0.3, -0.25) is 33.0 Å².